The van der Waals surface area contributed by atoms with Gasteiger partial charge in [0.15, 0.2) is 0 Å². The molecule has 0 bridgehead atoms. The molecule has 0 radical (unpaired) electrons. The number of pyridine rings is 1. The quantitative estimate of drug-likeness (QED) is 0.744. The normalized spacial score (nSPS) is 16.9. The van der Waals surface area contributed by atoms with Crippen molar-refractivity contribution in [1.29, 1.82) is 0 Å². The molecule has 1 aromatic carbocycles. The van der Waals surface area contributed by atoms with Gasteiger partial charge in [-0.15, -0.1) is 0 Å². The molecule has 23 heavy (non-hydrogen) atoms. The highest BCUT2D eigenvalue weighted by Gasteiger charge is 2.16. The van der Waals surface area contributed by atoms with Gasteiger partial charge in [-0.05, 0) is 13.1 Å². The average Bonchev–Trinajstić information content (AvgIpc) is 3.01. The van der Waals surface area contributed by atoms with Crippen LogP contribution in [0.4, 0.5) is 0 Å². The fraction of sp³-hybridized carbons (Fsp3) is 0.333. The maximum atomic E-state index is 4.64. The van der Waals surface area contributed by atoms with Crippen LogP contribution in [0, 0.1) is 0 Å². The lowest BCUT2D eigenvalue weighted by Gasteiger charge is -2.32. The van der Waals surface area contributed by atoms with Gasteiger partial charge < -0.3 is 9.47 Å². The molecule has 2 aromatic heterocycles. The van der Waals surface area contributed by atoms with Crippen molar-refractivity contribution in [3.8, 4) is 11.3 Å². The lowest BCUT2D eigenvalue weighted by molar-refractivity contribution is 0.126. The molecule has 0 N–H and O–H groups in total. The highest BCUT2D eigenvalue weighted by Crippen LogP contribution is 2.25. The van der Waals surface area contributed by atoms with Crippen molar-refractivity contribution in [2.75, 3.05) is 33.2 Å². The van der Waals surface area contributed by atoms with Crippen molar-refractivity contribution in [2.45, 2.75) is 6.67 Å². The van der Waals surface area contributed by atoms with Crippen LogP contribution in [-0.2, 0) is 6.67 Å². The van der Waals surface area contributed by atoms with E-state index < -0.39 is 0 Å². The maximum Gasteiger partial charge on any atom is 0.115 e. The minimum absolute atomic E-state index is 0.891. The number of piperazine rings is 1. The third kappa shape index (κ3) is 2.85. The van der Waals surface area contributed by atoms with Crippen molar-refractivity contribution in [1.82, 2.24) is 24.3 Å². The van der Waals surface area contributed by atoms with Crippen molar-refractivity contribution in [3.63, 3.8) is 0 Å². The number of benzene rings is 1. The molecule has 0 amide bonds. The standard InChI is InChI=1S/C18H21N5/c1-21-9-11-22(12-10-21)14-23-13-20-18-16(23)7-8-19-17(18)15-5-3-2-4-6-15/h2-8,13H,9-12,14H2,1H3. The number of hydrogen-bond donors (Lipinski definition) is 0. The molecule has 0 spiro atoms. The SMILES string of the molecule is CN1CCN(Cn2cnc3c(-c4ccccc4)nccc32)CC1. The molecule has 1 aliphatic rings. The van der Waals surface area contributed by atoms with Crippen LogP contribution in [0.25, 0.3) is 22.3 Å². The summed E-state index contributed by atoms with van der Waals surface area (Å²) in [6.07, 6.45) is 3.82. The largest absolute Gasteiger partial charge is 0.317 e. The number of likely N-dealkylation sites (N-methyl/N-ethyl adjacent to an activating group) is 1. The number of aromatic nitrogens is 3. The second-order valence-corrected chi connectivity index (χ2v) is 6.17. The Morgan fingerprint density at radius 3 is 2.52 bits per heavy atom. The van der Waals surface area contributed by atoms with E-state index in [9.17, 15) is 0 Å². The number of hydrogen-bond acceptors (Lipinski definition) is 4. The summed E-state index contributed by atoms with van der Waals surface area (Å²) in [7, 11) is 2.18. The Hall–Kier alpha value is -2.24. The average molecular weight is 307 g/mol. The van der Waals surface area contributed by atoms with Crippen LogP contribution in [0.2, 0.25) is 0 Å². The van der Waals surface area contributed by atoms with E-state index in [1.54, 1.807) is 0 Å². The lowest BCUT2D eigenvalue weighted by Crippen LogP contribution is -2.44. The Morgan fingerprint density at radius 1 is 0.957 bits per heavy atom. The molecule has 0 unspecified atom stereocenters. The predicted molar refractivity (Wildman–Crippen MR) is 92.0 cm³/mol. The Morgan fingerprint density at radius 2 is 1.74 bits per heavy atom. The molecule has 3 aromatic rings. The zero-order valence-electron chi connectivity index (χ0n) is 13.4. The maximum absolute atomic E-state index is 4.64. The molecule has 4 rings (SSSR count). The Balaban J connectivity index is 1.65. The Labute approximate surface area is 136 Å². The minimum atomic E-state index is 0.891. The van der Waals surface area contributed by atoms with Crippen LogP contribution >= 0.6 is 0 Å². The molecule has 1 aliphatic heterocycles. The van der Waals surface area contributed by atoms with Crippen molar-refractivity contribution in [3.05, 3.63) is 48.9 Å². The van der Waals surface area contributed by atoms with Gasteiger partial charge in [0, 0.05) is 37.9 Å². The Kier molecular flexibility index (Phi) is 3.81. The van der Waals surface area contributed by atoms with E-state index in [0.29, 0.717) is 0 Å². The van der Waals surface area contributed by atoms with Crippen molar-refractivity contribution in [2.24, 2.45) is 0 Å². The fourth-order valence-corrected chi connectivity index (χ4v) is 3.12. The van der Waals surface area contributed by atoms with Crippen LogP contribution < -0.4 is 0 Å². The molecule has 0 aliphatic carbocycles. The van der Waals surface area contributed by atoms with E-state index in [-0.39, 0.29) is 0 Å². The second-order valence-electron chi connectivity index (χ2n) is 6.17. The van der Waals surface area contributed by atoms with E-state index in [1.165, 1.54) is 0 Å². The van der Waals surface area contributed by atoms with Gasteiger partial charge in [-0.25, -0.2) is 4.98 Å². The molecule has 1 saturated heterocycles. The molecule has 1 fully saturated rings. The minimum Gasteiger partial charge on any atom is -0.317 e. The zero-order valence-corrected chi connectivity index (χ0v) is 13.4. The molecule has 0 saturated carbocycles. The van der Waals surface area contributed by atoms with Crippen molar-refractivity contribution >= 4 is 11.0 Å². The van der Waals surface area contributed by atoms with Gasteiger partial charge in [-0.1, -0.05) is 30.3 Å². The molecule has 3 heterocycles. The highest BCUT2D eigenvalue weighted by molar-refractivity contribution is 5.89. The third-order valence-electron chi connectivity index (χ3n) is 4.53. The Bertz CT molecular complexity index is 788. The van der Waals surface area contributed by atoms with Gasteiger partial charge in [-0.3, -0.25) is 9.88 Å². The van der Waals surface area contributed by atoms with Crippen LogP contribution in [-0.4, -0.2) is 57.6 Å². The molecular weight excluding hydrogens is 286 g/mol. The topological polar surface area (TPSA) is 37.2 Å². The van der Waals surface area contributed by atoms with Crippen LogP contribution in [0.1, 0.15) is 0 Å². The summed E-state index contributed by atoms with van der Waals surface area (Å²) in [5.41, 5.74) is 4.20. The van der Waals surface area contributed by atoms with E-state index in [2.05, 4.69) is 49.6 Å². The van der Waals surface area contributed by atoms with E-state index in [1.807, 2.05) is 30.7 Å². The molecule has 118 valence electrons. The van der Waals surface area contributed by atoms with E-state index in [0.717, 1.165) is 55.1 Å². The lowest BCUT2D eigenvalue weighted by atomic mass is 10.1. The van der Waals surface area contributed by atoms with Crippen LogP contribution in [0.5, 0.6) is 0 Å². The van der Waals surface area contributed by atoms with Crippen LogP contribution in [0.15, 0.2) is 48.9 Å². The van der Waals surface area contributed by atoms with E-state index >= 15 is 0 Å². The van der Waals surface area contributed by atoms with Gasteiger partial charge in [0.05, 0.1) is 24.2 Å². The first-order valence-electron chi connectivity index (χ1n) is 8.07. The van der Waals surface area contributed by atoms with Gasteiger partial charge in [0.1, 0.15) is 5.52 Å². The van der Waals surface area contributed by atoms with Gasteiger partial charge in [-0.2, -0.15) is 0 Å². The summed E-state index contributed by atoms with van der Waals surface area (Å²) >= 11 is 0. The summed E-state index contributed by atoms with van der Waals surface area (Å²) in [4.78, 5) is 14.0. The molecular formula is C18H21N5. The smallest absolute Gasteiger partial charge is 0.115 e. The second kappa shape index (κ2) is 6.10. The van der Waals surface area contributed by atoms with Crippen LogP contribution in [0.3, 0.4) is 0 Å². The first-order valence-corrected chi connectivity index (χ1v) is 8.07. The monoisotopic (exact) mass is 307 g/mol. The predicted octanol–water partition coefficient (Wildman–Crippen LogP) is 2.30. The highest BCUT2D eigenvalue weighted by atomic mass is 15.3. The molecule has 0 atom stereocenters. The number of imidazole rings is 1. The van der Waals surface area contributed by atoms with Crippen molar-refractivity contribution < 1.29 is 0 Å². The third-order valence-corrected chi connectivity index (χ3v) is 4.53. The first-order chi connectivity index (χ1) is 11.3. The molecule has 5 heteroatoms. The van der Waals surface area contributed by atoms with Gasteiger partial charge >= 0.3 is 0 Å². The summed E-state index contributed by atoms with van der Waals surface area (Å²) < 4.78 is 2.23. The summed E-state index contributed by atoms with van der Waals surface area (Å²) in [6.45, 7) is 5.36. The van der Waals surface area contributed by atoms with E-state index in [4.69, 9.17) is 0 Å². The number of rotatable bonds is 3. The summed E-state index contributed by atoms with van der Waals surface area (Å²) in [5.74, 6) is 0. The zero-order chi connectivity index (χ0) is 15.6. The summed E-state index contributed by atoms with van der Waals surface area (Å²) in [5, 5.41) is 0. The number of nitrogens with zero attached hydrogens (tertiary/aromatic N) is 5. The molecule has 5 nitrogen and oxygen atoms in total. The fourth-order valence-electron chi connectivity index (χ4n) is 3.12. The van der Waals surface area contributed by atoms with Gasteiger partial charge in [0.2, 0.25) is 0 Å². The van der Waals surface area contributed by atoms with Gasteiger partial charge in [0.25, 0.3) is 0 Å². The first kappa shape index (κ1) is 14.4. The summed E-state index contributed by atoms with van der Waals surface area (Å²) in [6, 6.07) is 12.3. The number of fused-ring (bicyclic) bond motifs is 1.